The lowest BCUT2D eigenvalue weighted by Crippen LogP contribution is -2.47. The smallest absolute Gasteiger partial charge is 0.379 e. The predicted octanol–water partition coefficient (Wildman–Crippen LogP) is 4.04. The van der Waals surface area contributed by atoms with Crippen LogP contribution in [0.2, 0.25) is 25.7 Å². The average Bonchev–Trinajstić information content (AvgIpc) is 3.43. The van der Waals surface area contributed by atoms with Crippen LogP contribution in [0.5, 0.6) is 0 Å². The zero-order chi connectivity index (χ0) is 31.0. The maximum atomic E-state index is 14.1. The van der Waals surface area contributed by atoms with Crippen LogP contribution in [0.1, 0.15) is 30.4 Å². The molecule has 0 aromatic carbocycles. The van der Waals surface area contributed by atoms with Crippen LogP contribution in [-0.4, -0.2) is 92.9 Å². The first-order chi connectivity index (χ1) is 20.5. The largest absolute Gasteiger partial charge is 0.423 e. The molecule has 2 fully saturated rings. The highest BCUT2D eigenvalue weighted by atomic mass is 28.3. The molecule has 0 spiro atoms. The lowest BCUT2D eigenvalue weighted by molar-refractivity contribution is -0.138. The number of nitriles is 1. The molecular formula is C29H42F3N7O3Si. The van der Waals surface area contributed by atoms with E-state index in [0.29, 0.717) is 44.8 Å². The van der Waals surface area contributed by atoms with Crippen LogP contribution in [0.3, 0.4) is 0 Å². The van der Waals surface area contributed by atoms with E-state index < -0.39 is 25.4 Å². The Hall–Kier alpha value is -2.99. The van der Waals surface area contributed by atoms with E-state index in [2.05, 4.69) is 45.6 Å². The first-order valence-corrected chi connectivity index (χ1v) is 18.6. The third kappa shape index (κ3) is 9.25. The van der Waals surface area contributed by atoms with Gasteiger partial charge in [0.25, 0.3) is 5.56 Å². The summed E-state index contributed by atoms with van der Waals surface area (Å²) < 4.78 is 54.6. The van der Waals surface area contributed by atoms with Gasteiger partial charge in [0.1, 0.15) is 24.2 Å². The summed E-state index contributed by atoms with van der Waals surface area (Å²) in [7, 11) is -1.37. The fraction of sp³-hybridized carbons (Fsp3) is 0.655. The van der Waals surface area contributed by atoms with Gasteiger partial charge >= 0.3 is 6.18 Å². The van der Waals surface area contributed by atoms with Crippen LogP contribution in [0.4, 0.5) is 24.7 Å². The Labute approximate surface area is 252 Å². The van der Waals surface area contributed by atoms with Crippen molar-refractivity contribution in [2.45, 2.75) is 63.9 Å². The fourth-order valence-corrected chi connectivity index (χ4v) is 6.12. The molecule has 0 aliphatic carbocycles. The van der Waals surface area contributed by atoms with Gasteiger partial charge in [0.05, 0.1) is 30.1 Å². The van der Waals surface area contributed by atoms with Crippen LogP contribution in [0, 0.1) is 11.3 Å². The summed E-state index contributed by atoms with van der Waals surface area (Å²) in [6.07, 6.45) is 0.134. The third-order valence-corrected chi connectivity index (χ3v) is 9.55. The number of anilines is 2. The summed E-state index contributed by atoms with van der Waals surface area (Å²) in [5.74, 6) is 0.870. The standard InChI is InChI=1S/C29H42F3N7O3Si/c1-43(2,3)17-16-42-22-39-28(40)27(29(30,31)32)25(20-35-39)38-10-4-6-24(38)21-41-15-5-9-36-11-13-37(14-12-36)26-8-7-23(18-33)19-34-26/h7-8,19-20,24H,4-6,9-17,21-22H2,1-3H3. The molecule has 2 aromatic rings. The highest BCUT2D eigenvalue weighted by Crippen LogP contribution is 2.36. The maximum Gasteiger partial charge on any atom is 0.423 e. The van der Waals surface area contributed by atoms with E-state index in [1.165, 1.54) is 0 Å². The molecule has 0 saturated carbocycles. The summed E-state index contributed by atoms with van der Waals surface area (Å²) in [5.41, 5.74) is -2.02. The minimum atomic E-state index is -4.82. The molecule has 2 aliphatic heterocycles. The minimum Gasteiger partial charge on any atom is -0.379 e. The van der Waals surface area contributed by atoms with Crippen LogP contribution in [0.15, 0.2) is 29.3 Å². The van der Waals surface area contributed by atoms with E-state index >= 15 is 0 Å². The quantitative estimate of drug-likeness (QED) is 0.242. The fourth-order valence-electron chi connectivity index (χ4n) is 5.36. The molecule has 0 N–H and O–H groups in total. The molecule has 0 bridgehead atoms. The van der Waals surface area contributed by atoms with Crippen LogP contribution >= 0.6 is 0 Å². The van der Waals surface area contributed by atoms with Gasteiger partial charge in [-0.25, -0.2) is 9.67 Å². The number of alkyl halides is 3. The van der Waals surface area contributed by atoms with Crippen molar-refractivity contribution < 1.29 is 22.6 Å². The van der Waals surface area contributed by atoms with E-state index in [-0.39, 0.29) is 18.5 Å². The lowest BCUT2D eigenvalue weighted by atomic mass is 10.2. The third-order valence-electron chi connectivity index (χ3n) is 7.85. The number of hydrogen-bond donors (Lipinski definition) is 0. The van der Waals surface area contributed by atoms with Crippen LogP contribution < -0.4 is 15.4 Å². The topological polar surface area (TPSA) is 99.8 Å². The molecule has 0 radical (unpaired) electrons. The predicted molar refractivity (Wildman–Crippen MR) is 161 cm³/mol. The zero-order valence-electron chi connectivity index (χ0n) is 25.3. The molecular weight excluding hydrogens is 579 g/mol. The van der Waals surface area contributed by atoms with Crippen molar-refractivity contribution in [1.82, 2.24) is 19.7 Å². The van der Waals surface area contributed by atoms with E-state index in [4.69, 9.17) is 14.7 Å². The Morgan fingerprint density at radius 2 is 1.84 bits per heavy atom. The number of nitrogens with zero attached hydrogens (tertiary/aromatic N) is 7. The summed E-state index contributed by atoms with van der Waals surface area (Å²) in [6.45, 7) is 12.1. The summed E-state index contributed by atoms with van der Waals surface area (Å²) in [5, 5.41) is 13.0. The Bertz CT molecular complexity index is 1290. The van der Waals surface area contributed by atoms with Crippen molar-refractivity contribution in [3.05, 3.63) is 46.0 Å². The molecule has 1 atom stereocenters. The first kappa shape index (κ1) is 32.9. The van der Waals surface area contributed by atoms with Crippen LogP contribution in [-0.2, 0) is 22.4 Å². The average molecular weight is 622 g/mol. The molecule has 2 saturated heterocycles. The highest BCUT2D eigenvalue weighted by molar-refractivity contribution is 6.76. The molecule has 14 heteroatoms. The molecule has 2 aromatic heterocycles. The highest BCUT2D eigenvalue weighted by Gasteiger charge is 2.41. The second kappa shape index (κ2) is 14.7. The van der Waals surface area contributed by atoms with Crippen molar-refractivity contribution in [3.63, 3.8) is 0 Å². The molecule has 1 unspecified atom stereocenters. The van der Waals surface area contributed by atoms with Gasteiger partial charge in [-0.15, -0.1) is 0 Å². The molecule has 0 amide bonds. The number of aromatic nitrogens is 3. The molecule has 4 rings (SSSR count). The number of ether oxygens (including phenoxy) is 2. The second-order valence-electron chi connectivity index (χ2n) is 12.3. The summed E-state index contributed by atoms with van der Waals surface area (Å²) in [6, 6.07) is 6.32. The normalized spacial score (nSPS) is 18.3. The SMILES string of the molecule is C[Si](C)(C)CCOCn1ncc(N2CCCC2COCCCN2CCN(c3ccc(C#N)cn3)CC2)c(C(F)(F)F)c1=O. The van der Waals surface area contributed by atoms with Gasteiger partial charge in [-0.2, -0.15) is 23.5 Å². The molecule has 43 heavy (non-hydrogen) atoms. The second-order valence-corrected chi connectivity index (χ2v) is 17.9. The maximum absolute atomic E-state index is 14.1. The van der Waals surface area contributed by atoms with E-state index in [9.17, 15) is 18.0 Å². The van der Waals surface area contributed by atoms with Crippen molar-refractivity contribution in [2.24, 2.45) is 0 Å². The number of piperazine rings is 1. The summed E-state index contributed by atoms with van der Waals surface area (Å²) in [4.78, 5) is 23.5. The number of pyridine rings is 1. The summed E-state index contributed by atoms with van der Waals surface area (Å²) >= 11 is 0. The van der Waals surface area contributed by atoms with E-state index in [0.717, 1.165) is 61.9 Å². The van der Waals surface area contributed by atoms with Gasteiger partial charge < -0.3 is 19.3 Å². The molecule has 2 aliphatic rings. The first-order valence-electron chi connectivity index (χ1n) is 14.9. The van der Waals surface area contributed by atoms with Crippen molar-refractivity contribution in [3.8, 4) is 6.07 Å². The van der Waals surface area contributed by atoms with Crippen molar-refractivity contribution in [1.29, 1.82) is 5.26 Å². The molecule has 10 nitrogen and oxygen atoms in total. The van der Waals surface area contributed by atoms with E-state index in [1.807, 2.05) is 6.07 Å². The minimum absolute atomic E-state index is 0.184. The number of rotatable bonds is 13. The Balaban J connectivity index is 1.25. The zero-order valence-corrected chi connectivity index (χ0v) is 26.3. The Morgan fingerprint density at radius 3 is 2.49 bits per heavy atom. The van der Waals surface area contributed by atoms with Gasteiger partial charge in [-0.05, 0) is 37.4 Å². The van der Waals surface area contributed by atoms with Crippen molar-refractivity contribution >= 4 is 19.6 Å². The Kier molecular flexibility index (Phi) is 11.2. The van der Waals surface area contributed by atoms with Gasteiger partial charge in [-0.3, -0.25) is 9.69 Å². The van der Waals surface area contributed by atoms with Gasteiger partial charge in [0, 0.05) is 66.8 Å². The van der Waals surface area contributed by atoms with Gasteiger partial charge in [0.2, 0.25) is 0 Å². The monoisotopic (exact) mass is 621 g/mol. The number of halogens is 3. The van der Waals surface area contributed by atoms with Gasteiger partial charge in [-0.1, -0.05) is 19.6 Å². The van der Waals surface area contributed by atoms with E-state index in [1.54, 1.807) is 17.2 Å². The molecule has 4 heterocycles. The molecule has 236 valence electrons. The van der Waals surface area contributed by atoms with Crippen LogP contribution in [0.25, 0.3) is 0 Å². The van der Waals surface area contributed by atoms with Crippen molar-refractivity contribution in [2.75, 3.05) is 68.9 Å². The Morgan fingerprint density at radius 1 is 1.07 bits per heavy atom. The number of hydrogen-bond acceptors (Lipinski definition) is 9. The van der Waals surface area contributed by atoms with Gasteiger partial charge in [0.15, 0.2) is 0 Å². The lowest BCUT2D eigenvalue weighted by Gasteiger charge is -2.35.